The van der Waals surface area contributed by atoms with Crippen LogP contribution in [0.3, 0.4) is 0 Å². The number of aromatic nitrogens is 1. The summed E-state index contributed by atoms with van der Waals surface area (Å²) in [6, 6.07) is 10.1. The number of hydrogen-bond donors (Lipinski definition) is 1. The fourth-order valence-corrected chi connectivity index (χ4v) is 1.78. The number of ether oxygens (including phenoxy) is 1. The topological polar surface area (TPSA) is 34.2 Å². The average Bonchev–Trinajstić information content (AvgIpc) is 2.43. The first-order valence-corrected chi connectivity index (χ1v) is 6.74. The van der Waals surface area contributed by atoms with Crippen LogP contribution in [0.5, 0.6) is 11.6 Å². The van der Waals surface area contributed by atoms with Crippen molar-refractivity contribution in [3.05, 3.63) is 54.0 Å². The van der Waals surface area contributed by atoms with E-state index in [9.17, 15) is 4.39 Å². The van der Waals surface area contributed by atoms with E-state index in [1.165, 1.54) is 6.07 Å². The van der Waals surface area contributed by atoms with Crippen LogP contribution in [-0.4, -0.2) is 11.5 Å². The van der Waals surface area contributed by atoms with Gasteiger partial charge in [0, 0.05) is 18.3 Å². The molecule has 2 rings (SSSR count). The number of para-hydroxylation sites is 1. The molecule has 106 valence electrons. The summed E-state index contributed by atoms with van der Waals surface area (Å²) in [5.74, 6) is 0.812. The summed E-state index contributed by atoms with van der Waals surface area (Å²) in [5.41, 5.74) is 0.913. The number of rotatable bonds is 6. The first kappa shape index (κ1) is 14.5. The number of pyridine rings is 1. The van der Waals surface area contributed by atoms with Gasteiger partial charge < -0.3 is 10.1 Å². The second-order valence-corrected chi connectivity index (χ2v) is 5.02. The predicted molar refractivity (Wildman–Crippen MR) is 77.3 cm³/mol. The third-order valence-corrected chi connectivity index (χ3v) is 2.76. The van der Waals surface area contributed by atoms with Gasteiger partial charge in [-0.25, -0.2) is 9.37 Å². The van der Waals surface area contributed by atoms with Crippen molar-refractivity contribution < 1.29 is 9.13 Å². The molecule has 0 atom stereocenters. The highest BCUT2D eigenvalue weighted by molar-refractivity contribution is 5.32. The van der Waals surface area contributed by atoms with E-state index in [0.29, 0.717) is 18.3 Å². The van der Waals surface area contributed by atoms with Crippen molar-refractivity contribution in [3.63, 3.8) is 0 Å². The maximum Gasteiger partial charge on any atom is 0.223 e. The van der Waals surface area contributed by atoms with E-state index in [4.69, 9.17) is 4.74 Å². The second kappa shape index (κ2) is 7.01. The molecule has 0 fully saturated rings. The van der Waals surface area contributed by atoms with Crippen molar-refractivity contribution in [2.75, 3.05) is 6.54 Å². The monoisotopic (exact) mass is 274 g/mol. The minimum Gasteiger partial charge on any atom is -0.436 e. The predicted octanol–water partition coefficient (Wildman–Crippen LogP) is 3.76. The Labute approximate surface area is 118 Å². The lowest BCUT2D eigenvalue weighted by Gasteiger charge is -2.12. The zero-order valence-corrected chi connectivity index (χ0v) is 11.8. The molecule has 1 aromatic heterocycles. The molecule has 0 aliphatic heterocycles. The third-order valence-electron chi connectivity index (χ3n) is 2.76. The Morgan fingerprint density at radius 1 is 1.20 bits per heavy atom. The Morgan fingerprint density at radius 2 is 2.00 bits per heavy atom. The Morgan fingerprint density at radius 3 is 2.75 bits per heavy atom. The summed E-state index contributed by atoms with van der Waals surface area (Å²) in [6.07, 6.45) is 1.64. The van der Waals surface area contributed by atoms with Gasteiger partial charge >= 0.3 is 0 Å². The lowest BCUT2D eigenvalue weighted by molar-refractivity contribution is 0.419. The Hall–Kier alpha value is -1.94. The molecule has 4 heteroatoms. The van der Waals surface area contributed by atoms with Gasteiger partial charge in [-0.2, -0.15) is 0 Å². The maximum absolute atomic E-state index is 13.6. The molecule has 20 heavy (non-hydrogen) atoms. The molecular weight excluding hydrogens is 255 g/mol. The average molecular weight is 274 g/mol. The Bertz CT molecular complexity index is 558. The molecule has 3 nitrogen and oxygen atoms in total. The van der Waals surface area contributed by atoms with Crippen LogP contribution in [-0.2, 0) is 6.54 Å². The lowest BCUT2D eigenvalue weighted by atomic mass is 10.2. The van der Waals surface area contributed by atoms with Crippen LogP contribution in [0.1, 0.15) is 19.4 Å². The number of nitrogens with zero attached hydrogens (tertiary/aromatic N) is 1. The smallest absolute Gasteiger partial charge is 0.223 e. The van der Waals surface area contributed by atoms with Gasteiger partial charge in [0.25, 0.3) is 0 Å². The second-order valence-electron chi connectivity index (χ2n) is 5.02. The molecule has 0 bridgehead atoms. The van der Waals surface area contributed by atoms with Crippen LogP contribution in [0.25, 0.3) is 0 Å². The zero-order valence-electron chi connectivity index (χ0n) is 11.8. The fourth-order valence-electron chi connectivity index (χ4n) is 1.78. The highest BCUT2D eigenvalue weighted by Gasteiger charge is 2.09. The minimum atomic E-state index is -0.390. The van der Waals surface area contributed by atoms with Crippen molar-refractivity contribution in [3.8, 4) is 11.6 Å². The molecule has 0 saturated carbocycles. The van der Waals surface area contributed by atoms with Crippen molar-refractivity contribution in [1.82, 2.24) is 10.3 Å². The summed E-state index contributed by atoms with van der Waals surface area (Å²) in [7, 11) is 0. The van der Waals surface area contributed by atoms with Gasteiger partial charge in [0.15, 0.2) is 11.6 Å². The maximum atomic E-state index is 13.6. The van der Waals surface area contributed by atoms with Gasteiger partial charge in [0.1, 0.15) is 0 Å². The molecule has 0 amide bonds. The first-order valence-electron chi connectivity index (χ1n) is 6.74. The van der Waals surface area contributed by atoms with Gasteiger partial charge in [-0.3, -0.25) is 0 Å². The molecule has 1 N–H and O–H groups in total. The Kier molecular flexibility index (Phi) is 5.07. The molecule has 1 heterocycles. The SMILES string of the molecule is CC(C)CNCc1cccnc1Oc1ccccc1F. The first-order chi connectivity index (χ1) is 9.66. The van der Waals surface area contributed by atoms with Crippen LogP contribution in [0.2, 0.25) is 0 Å². The minimum absolute atomic E-state index is 0.191. The van der Waals surface area contributed by atoms with Gasteiger partial charge in [-0.05, 0) is 30.7 Å². The molecule has 0 radical (unpaired) electrons. The number of benzene rings is 1. The fraction of sp³-hybridized carbons (Fsp3) is 0.312. The van der Waals surface area contributed by atoms with Crippen LogP contribution in [0, 0.1) is 11.7 Å². The highest BCUT2D eigenvalue weighted by Crippen LogP contribution is 2.25. The quantitative estimate of drug-likeness (QED) is 0.871. The molecule has 2 aromatic rings. The lowest BCUT2D eigenvalue weighted by Crippen LogP contribution is -2.19. The number of hydrogen-bond acceptors (Lipinski definition) is 3. The molecule has 1 aromatic carbocycles. The van der Waals surface area contributed by atoms with Crippen molar-refractivity contribution in [2.45, 2.75) is 20.4 Å². The molecule has 0 saturated heterocycles. The van der Waals surface area contributed by atoms with Gasteiger partial charge in [-0.1, -0.05) is 32.0 Å². The number of halogens is 1. The van der Waals surface area contributed by atoms with Gasteiger partial charge in [0.05, 0.1) is 0 Å². The van der Waals surface area contributed by atoms with E-state index >= 15 is 0 Å². The molecule has 0 spiro atoms. The summed E-state index contributed by atoms with van der Waals surface area (Å²) in [4.78, 5) is 4.18. The molecule has 0 aliphatic rings. The summed E-state index contributed by atoms with van der Waals surface area (Å²) in [6.45, 7) is 5.85. The summed E-state index contributed by atoms with van der Waals surface area (Å²) >= 11 is 0. The number of nitrogens with one attached hydrogen (secondary N) is 1. The normalized spacial score (nSPS) is 10.8. The highest BCUT2D eigenvalue weighted by atomic mass is 19.1. The molecule has 0 unspecified atom stereocenters. The van der Waals surface area contributed by atoms with Gasteiger partial charge in [-0.15, -0.1) is 0 Å². The van der Waals surface area contributed by atoms with Crippen LogP contribution in [0.15, 0.2) is 42.6 Å². The van der Waals surface area contributed by atoms with Crippen LogP contribution in [0.4, 0.5) is 4.39 Å². The van der Waals surface area contributed by atoms with E-state index in [1.54, 1.807) is 24.4 Å². The van der Waals surface area contributed by atoms with E-state index in [2.05, 4.69) is 24.1 Å². The standard InChI is InChI=1S/C16H19FN2O/c1-12(2)10-18-11-13-6-5-9-19-16(13)20-15-8-4-3-7-14(15)17/h3-9,12,18H,10-11H2,1-2H3. The van der Waals surface area contributed by atoms with E-state index < -0.39 is 0 Å². The van der Waals surface area contributed by atoms with E-state index in [1.807, 2.05) is 12.1 Å². The summed E-state index contributed by atoms with van der Waals surface area (Å²) < 4.78 is 19.2. The summed E-state index contributed by atoms with van der Waals surface area (Å²) in [5, 5.41) is 3.33. The largest absolute Gasteiger partial charge is 0.436 e. The third kappa shape index (κ3) is 4.03. The van der Waals surface area contributed by atoms with Crippen molar-refractivity contribution >= 4 is 0 Å². The van der Waals surface area contributed by atoms with E-state index in [-0.39, 0.29) is 11.6 Å². The molecule has 0 aliphatic carbocycles. The molecular formula is C16H19FN2O. The van der Waals surface area contributed by atoms with Crippen LogP contribution >= 0.6 is 0 Å². The zero-order chi connectivity index (χ0) is 14.4. The van der Waals surface area contributed by atoms with Crippen molar-refractivity contribution in [1.29, 1.82) is 0 Å². The van der Waals surface area contributed by atoms with E-state index in [0.717, 1.165) is 12.1 Å². The van der Waals surface area contributed by atoms with Crippen molar-refractivity contribution in [2.24, 2.45) is 5.92 Å². The van der Waals surface area contributed by atoms with Crippen LogP contribution < -0.4 is 10.1 Å². The Balaban J connectivity index is 2.10. The van der Waals surface area contributed by atoms with Gasteiger partial charge in [0.2, 0.25) is 5.88 Å².